The molecule has 0 amide bonds. The van der Waals surface area contributed by atoms with Crippen LogP contribution in [0, 0.1) is 0 Å². The normalized spacial score (nSPS) is 29.4. The predicted molar refractivity (Wildman–Crippen MR) is 42.5 cm³/mol. The van der Waals surface area contributed by atoms with Crippen LogP contribution in [0.25, 0.3) is 0 Å². The molecule has 1 saturated heterocycles. The van der Waals surface area contributed by atoms with E-state index in [1.807, 2.05) is 0 Å². The highest BCUT2D eigenvalue weighted by Crippen LogP contribution is 2.30. The lowest BCUT2D eigenvalue weighted by atomic mass is 10.2. The van der Waals surface area contributed by atoms with E-state index in [1.54, 1.807) is 12.5 Å². The van der Waals surface area contributed by atoms with Crippen LogP contribution in [-0.2, 0) is 4.74 Å². The van der Waals surface area contributed by atoms with Gasteiger partial charge in [-0.05, 0) is 12.8 Å². The van der Waals surface area contributed by atoms with Crippen LogP contribution in [0.5, 0.6) is 0 Å². The molecule has 1 aromatic heterocycles. The molecule has 0 bridgehead atoms. The number of nitrogens with zero attached hydrogens (tertiary/aromatic N) is 1. The number of rotatable bonds is 2. The summed E-state index contributed by atoms with van der Waals surface area (Å²) in [4.78, 5) is 6.93. The second-order valence-corrected chi connectivity index (χ2v) is 3.01. The van der Waals surface area contributed by atoms with E-state index >= 15 is 0 Å². The molecule has 0 saturated carbocycles. The molecule has 2 heterocycles. The molecular formula is C8H12N2O2. The SMILES string of the molecule is OC[C@H]1CC[C@@H](c2cnc[nH]2)O1. The Morgan fingerprint density at radius 3 is 3.17 bits per heavy atom. The number of H-pyrrole nitrogens is 1. The second-order valence-electron chi connectivity index (χ2n) is 3.01. The molecule has 1 fully saturated rings. The van der Waals surface area contributed by atoms with Crippen LogP contribution in [0.2, 0.25) is 0 Å². The molecule has 0 radical (unpaired) electrons. The lowest BCUT2D eigenvalue weighted by Gasteiger charge is -2.09. The standard InChI is InChI=1S/C8H12N2O2/c11-4-6-1-2-8(12-6)7-3-9-5-10-7/h3,5-6,8,11H,1-2,4H2,(H,9,10)/t6-,8+/m1/s1. The lowest BCUT2D eigenvalue weighted by molar-refractivity contribution is 0.00940. The van der Waals surface area contributed by atoms with Crippen molar-refractivity contribution in [1.82, 2.24) is 9.97 Å². The molecule has 0 aliphatic carbocycles. The molecule has 4 heteroatoms. The molecule has 4 nitrogen and oxygen atoms in total. The second kappa shape index (κ2) is 3.25. The fourth-order valence-corrected chi connectivity index (χ4v) is 1.51. The smallest absolute Gasteiger partial charge is 0.0994 e. The summed E-state index contributed by atoms with van der Waals surface area (Å²) in [5, 5.41) is 8.83. The number of aromatic nitrogens is 2. The van der Waals surface area contributed by atoms with Crippen molar-refractivity contribution in [2.45, 2.75) is 25.0 Å². The molecular weight excluding hydrogens is 156 g/mol. The van der Waals surface area contributed by atoms with Gasteiger partial charge in [0, 0.05) is 0 Å². The van der Waals surface area contributed by atoms with Crippen LogP contribution < -0.4 is 0 Å². The largest absolute Gasteiger partial charge is 0.394 e. The van der Waals surface area contributed by atoms with Crippen molar-refractivity contribution < 1.29 is 9.84 Å². The fourth-order valence-electron chi connectivity index (χ4n) is 1.51. The first-order chi connectivity index (χ1) is 5.90. The van der Waals surface area contributed by atoms with Gasteiger partial charge < -0.3 is 14.8 Å². The third-order valence-electron chi connectivity index (χ3n) is 2.18. The minimum Gasteiger partial charge on any atom is -0.394 e. The van der Waals surface area contributed by atoms with Crippen molar-refractivity contribution in [3.63, 3.8) is 0 Å². The first kappa shape index (κ1) is 7.76. The molecule has 0 spiro atoms. The monoisotopic (exact) mass is 168 g/mol. The van der Waals surface area contributed by atoms with E-state index in [0.29, 0.717) is 0 Å². The number of ether oxygens (including phenoxy) is 1. The average molecular weight is 168 g/mol. The van der Waals surface area contributed by atoms with E-state index < -0.39 is 0 Å². The molecule has 1 aliphatic heterocycles. The molecule has 2 atom stereocenters. The number of hydrogen-bond acceptors (Lipinski definition) is 3. The predicted octanol–water partition coefficient (Wildman–Crippen LogP) is 0.622. The van der Waals surface area contributed by atoms with Gasteiger partial charge in [0.15, 0.2) is 0 Å². The third-order valence-corrected chi connectivity index (χ3v) is 2.18. The average Bonchev–Trinajstić information content (AvgIpc) is 2.75. The lowest BCUT2D eigenvalue weighted by Crippen LogP contribution is -2.11. The Kier molecular flexibility index (Phi) is 2.10. The van der Waals surface area contributed by atoms with Crippen molar-refractivity contribution >= 4 is 0 Å². The molecule has 0 aromatic carbocycles. The van der Waals surface area contributed by atoms with Gasteiger partial charge in [-0.15, -0.1) is 0 Å². The molecule has 2 N–H and O–H groups in total. The third kappa shape index (κ3) is 1.35. The van der Waals surface area contributed by atoms with E-state index in [4.69, 9.17) is 9.84 Å². The van der Waals surface area contributed by atoms with Crippen molar-refractivity contribution in [2.75, 3.05) is 6.61 Å². The van der Waals surface area contributed by atoms with Gasteiger partial charge in [0.05, 0.1) is 37.0 Å². The number of nitrogens with one attached hydrogen (secondary N) is 1. The molecule has 66 valence electrons. The van der Waals surface area contributed by atoms with Gasteiger partial charge >= 0.3 is 0 Å². The van der Waals surface area contributed by atoms with Gasteiger partial charge in [0.2, 0.25) is 0 Å². The molecule has 1 aromatic rings. The Bertz CT molecular complexity index is 235. The molecule has 0 unspecified atom stereocenters. The zero-order valence-corrected chi connectivity index (χ0v) is 6.73. The van der Waals surface area contributed by atoms with E-state index in [2.05, 4.69) is 9.97 Å². The van der Waals surface area contributed by atoms with Crippen molar-refractivity contribution in [1.29, 1.82) is 0 Å². The first-order valence-electron chi connectivity index (χ1n) is 4.14. The van der Waals surface area contributed by atoms with E-state index in [0.717, 1.165) is 18.5 Å². The van der Waals surface area contributed by atoms with E-state index in [-0.39, 0.29) is 18.8 Å². The minimum atomic E-state index is 0.0123. The summed E-state index contributed by atoms with van der Waals surface area (Å²) in [6, 6.07) is 0. The Morgan fingerprint density at radius 1 is 1.67 bits per heavy atom. The maximum absolute atomic E-state index is 8.83. The van der Waals surface area contributed by atoms with Crippen LogP contribution in [-0.4, -0.2) is 27.8 Å². The maximum atomic E-state index is 8.83. The zero-order chi connectivity index (χ0) is 8.39. The Balaban J connectivity index is 2.00. The fraction of sp³-hybridized carbons (Fsp3) is 0.625. The van der Waals surface area contributed by atoms with Crippen LogP contribution in [0.1, 0.15) is 24.6 Å². The van der Waals surface area contributed by atoms with Gasteiger partial charge in [-0.3, -0.25) is 0 Å². The minimum absolute atomic E-state index is 0.0123. The molecule has 12 heavy (non-hydrogen) atoms. The highest BCUT2D eigenvalue weighted by Gasteiger charge is 2.26. The van der Waals surface area contributed by atoms with Crippen LogP contribution >= 0.6 is 0 Å². The summed E-state index contributed by atoms with van der Waals surface area (Å²) >= 11 is 0. The van der Waals surface area contributed by atoms with Crippen molar-refractivity contribution in [3.05, 3.63) is 18.2 Å². The first-order valence-corrected chi connectivity index (χ1v) is 4.14. The van der Waals surface area contributed by atoms with Gasteiger partial charge in [-0.2, -0.15) is 0 Å². The van der Waals surface area contributed by atoms with Crippen molar-refractivity contribution in [2.24, 2.45) is 0 Å². The van der Waals surface area contributed by atoms with E-state index in [1.165, 1.54) is 0 Å². The topological polar surface area (TPSA) is 58.1 Å². The van der Waals surface area contributed by atoms with Crippen LogP contribution in [0.3, 0.4) is 0 Å². The van der Waals surface area contributed by atoms with Gasteiger partial charge in [0.25, 0.3) is 0 Å². The summed E-state index contributed by atoms with van der Waals surface area (Å²) in [5.41, 5.74) is 1.01. The van der Waals surface area contributed by atoms with Gasteiger partial charge in [-0.25, -0.2) is 4.98 Å². The molecule has 1 aliphatic rings. The summed E-state index contributed by atoms with van der Waals surface area (Å²) in [6.07, 6.45) is 5.42. The number of hydrogen-bond donors (Lipinski definition) is 2. The van der Waals surface area contributed by atoms with Crippen LogP contribution in [0.15, 0.2) is 12.5 Å². The quantitative estimate of drug-likeness (QED) is 0.680. The number of aliphatic hydroxyl groups excluding tert-OH is 1. The highest BCUT2D eigenvalue weighted by molar-refractivity contribution is 5.01. The summed E-state index contributed by atoms with van der Waals surface area (Å²) in [7, 11) is 0. The number of imidazole rings is 1. The summed E-state index contributed by atoms with van der Waals surface area (Å²) in [6.45, 7) is 0.116. The van der Waals surface area contributed by atoms with Crippen LogP contribution in [0.4, 0.5) is 0 Å². The Labute approximate surface area is 70.6 Å². The Morgan fingerprint density at radius 2 is 2.58 bits per heavy atom. The summed E-state index contributed by atoms with van der Waals surface area (Å²) < 4.78 is 5.53. The highest BCUT2D eigenvalue weighted by atomic mass is 16.5. The number of aromatic amines is 1. The zero-order valence-electron chi connectivity index (χ0n) is 6.73. The van der Waals surface area contributed by atoms with Gasteiger partial charge in [0.1, 0.15) is 0 Å². The van der Waals surface area contributed by atoms with Gasteiger partial charge in [-0.1, -0.05) is 0 Å². The van der Waals surface area contributed by atoms with E-state index in [9.17, 15) is 0 Å². The Hall–Kier alpha value is -0.870. The molecule has 2 rings (SSSR count). The van der Waals surface area contributed by atoms with Crippen molar-refractivity contribution in [3.8, 4) is 0 Å². The summed E-state index contributed by atoms with van der Waals surface area (Å²) in [5.74, 6) is 0. The number of aliphatic hydroxyl groups is 1. The maximum Gasteiger partial charge on any atom is 0.0994 e.